The molecule has 0 saturated heterocycles. The SMILES string of the molecule is O=c1ccn(C2CC(CO)=NO2)c(=O)[nH]1. The standard InChI is InChI=1S/C8H9N3O4/c12-4-5-3-7(15-10-5)11-2-1-6(13)9-8(11)14/h1-2,7,12H,3-4H2,(H,9,13,14). The van der Waals surface area contributed by atoms with E-state index in [0.29, 0.717) is 12.1 Å². The van der Waals surface area contributed by atoms with Crippen molar-refractivity contribution in [2.24, 2.45) is 5.16 Å². The number of aliphatic hydroxyl groups is 1. The highest BCUT2D eigenvalue weighted by molar-refractivity contribution is 5.86. The number of hydrogen-bond donors (Lipinski definition) is 2. The van der Waals surface area contributed by atoms with Gasteiger partial charge in [-0.15, -0.1) is 0 Å². The number of aromatic amines is 1. The minimum Gasteiger partial charge on any atom is -0.390 e. The Kier molecular flexibility index (Phi) is 2.38. The number of rotatable bonds is 2. The van der Waals surface area contributed by atoms with E-state index in [1.807, 2.05) is 0 Å². The van der Waals surface area contributed by atoms with Crippen LogP contribution in [-0.4, -0.2) is 27.0 Å². The molecule has 0 amide bonds. The molecule has 80 valence electrons. The van der Waals surface area contributed by atoms with Gasteiger partial charge in [0.05, 0.1) is 18.7 Å². The number of aromatic nitrogens is 2. The molecule has 0 saturated carbocycles. The van der Waals surface area contributed by atoms with E-state index in [2.05, 4.69) is 10.1 Å². The molecular formula is C8H9N3O4. The van der Waals surface area contributed by atoms with Crippen LogP contribution in [0.5, 0.6) is 0 Å². The molecule has 7 heteroatoms. The minimum absolute atomic E-state index is 0.200. The second-order valence-electron chi connectivity index (χ2n) is 3.10. The first kappa shape index (κ1) is 9.66. The Morgan fingerprint density at radius 1 is 1.67 bits per heavy atom. The van der Waals surface area contributed by atoms with Gasteiger partial charge in [-0.2, -0.15) is 0 Å². The van der Waals surface area contributed by atoms with Crippen molar-refractivity contribution in [2.45, 2.75) is 12.6 Å². The van der Waals surface area contributed by atoms with Crippen LogP contribution < -0.4 is 11.2 Å². The summed E-state index contributed by atoms with van der Waals surface area (Å²) in [6.45, 7) is -0.200. The summed E-state index contributed by atoms with van der Waals surface area (Å²) in [4.78, 5) is 29.2. The van der Waals surface area contributed by atoms with E-state index in [0.717, 1.165) is 0 Å². The molecular weight excluding hydrogens is 202 g/mol. The third kappa shape index (κ3) is 1.82. The van der Waals surface area contributed by atoms with Gasteiger partial charge in [0.15, 0.2) is 0 Å². The fraction of sp³-hybridized carbons (Fsp3) is 0.375. The molecule has 0 bridgehead atoms. The molecule has 1 atom stereocenters. The van der Waals surface area contributed by atoms with Crippen LogP contribution >= 0.6 is 0 Å². The normalized spacial score (nSPS) is 19.8. The maximum Gasteiger partial charge on any atom is 0.331 e. The molecule has 7 nitrogen and oxygen atoms in total. The van der Waals surface area contributed by atoms with Crippen molar-refractivity contribution in [3.63, 3.8) is 0 Å². The second-order valence-corrected chi connectivity index (χ2v) is 3.10. The molecule has 15 heavy (non-hydrogen) atoms. The van der Waals surface area contributed by atoms with Crippen molar-refractivity contribution in [2.75, 3.05) is 6.61 Å². The third-order valence-electron chi connectivity index (χ3n) is 2.06. The van der Waals surface area contributed by atoms with E-state index >= 15 is 0 Å². The van der Waals surface area contributed by atoms with Crippen molar-refractivity contribution in [3.05, 3.63) is 33.1 Å². The van der Waals surface area contributed by atoms with Crippen LogP contribution in [0.1, 0.15) is 12.6 Å². The molecule has 2 N–H and O–H groups in total. The number of aliphatic hydroxyl groups excluding tert-OH is 1. The third-order valence-corrected chi connectivity index (χ3v) is 2.06. The van der Waals surface area contributed by atoms with E-state index in [1.54, 1.807) is 0 Å². The van der Waals surface area contributed by atoms with Crippen molar-refractivity contribution in [3.8, 4) is 0 Å². The van der Waals surface area contributed by atoms with Crippen molar-refractivity contribution in [1.82, 2.24) is 9.55 Å². The van der Waals surface area contributed by atoms with Crippen LogP contribution in [0.2, 0.25) is 0 Å². The van der Waals surface area contributed by atoms with Crippen LogP contribution in [0, 0.1) is 0 Å². The lowest BCUT2D eigenvalue weighted by Crippen LogP contribution is -2.31. The first-order valence-corrected chi connectivity index (χ1v) is 4.34. The summed E-state index contributed by atoms with van der Waals surface area (Å²) in [5.74, 6) is 0. The predicted molar refractivity (Wildman–Crippen MR) is 50.6 cm³/mol. The smallest absolute Gasteiger partial charge is 0.331 e. The lowest BCUT2D eigenvalue weighted by Gasteiger charge is -2.09. The zero-order chi connectivity index (χ0) is 10.8. The summed E-state index contributed by atoms with van der Waals surface area (Å²) >= 11 is 0. The second kappa shape index (κ2) is 3.70. The van der Waals surface area contributed by atoms with E-state index in [4.69, 9.17) is 9.94 Å². The topological polar surface area (TPSA) is 96.7 Å². The van der Waals surface area contributed by atoms with Gasteiger partial charge < -0.3 is 9.94 Å². The number of H-pyrrole nitrogens is 1. The molecule has 1 aromatic heterocycles. The monoisotopic (exact) mass is 211 g/mol. The Labute approximate surface area is 83.6 Å². The fourth-order valence-electron chi connectivity index (χ4n) is 1.31. The van der Waals surface area contributed by atoms with Gasteiger partial charge in [-0.25, -0.2) is 4.79 Å². The zero-order valence-electron chi connectivity index (χ0n) is 7.71. The Morgan fingerprint density at radius 2 is 2.47 bits per heavy atom. The van der Waals surface area contributed by atoms with E-state index in [9.17, 15) is 9.59 Å². The Morgan fingerprint density at radius 3 is 3.07 bits per heavy atom. The molecule has 2 rings (SSSR count). The fourth-order valence-corrected chi connectivity index (χ4v) is 1.31. The van der Waals surface area contributed by atoms with E-state index in [1.165, 1.54) is 16.8 Å². The molecule has 0 aromatic carbocycles. The summed E-state index contributed by atoms with van der Waals surface area (Å²) in [5, 5.41) is 12.4. The molecule has 2 heterocycles. The van der Waals surface area contributed by atoms with Crippen LogP contribution in [0.25, 0.3) is 0 Å². The van der Waals surface area contributed by atoms with Gasteiger partial charge in [0, 0.05) is 12.3 Å². The quantitative estimate of drug-likeness (QED) is 0.642. The molecule has 0 radical (unpaired) electrons. The maximum absolute atomic E-state index is 11.3. The zero-order valence-corrected chi connectivity index (χ0v) is 7.71. The molecule has 1 aliphatic heterocycles. The first-order valence-electron chi connectivity index (χ1n) is 4.34. The van der Waals surface area contributed by atoms with Gasteiger partial charge in [0.2, 0.25) is 6.23 Å². The number of oxime groups is 1. The number of nitrogens with zero attached hydrogens (tertiary/aromatic N) is 2. The van der Waals surface area contributed by atoms with Crippen LogP contribution in [0.4, 0.5) is 0 Å². The minimum atomic E-state index is -0.587. The highest BCUT2D eigenvalue weighted by atomic mass is 16.7. The summed E-state index contributed by atoms with van der Waals surface area (Å²) < 4.78 is 1.22. The van der Waals surface area contributed by atoms with Gasteiger partial charge in [-0.1, -0.05) is 5.16 Å². The molecule has 0 spiro atoms. The highest BCUT2D eigenvalue weighted by Crippen LogP contribution is 2.18. The Bertz CT molecular complexity index is 501. The van der Waals surface area contributed by atoms with Crippen molar-refractivity contribution < 1.29 is 9.94 Å². The van der Waals surface area contributed by atoms with Crippen LogP contribution in [0.3, 0.4) is 0 Å². The lowest BCUT2D eigenvalue weighted by molar-refractivity contribution is 0.0285. The van der Waals surface area contributed by atoms with Gasteiger partial charge >= 0.3 is 5.69 Å². The van der Waals surface area contributed by atoms with Gasteiger partial charge in [0.1, 0.15) is 0 Å². The summed E-state index contributed by atoms with van der Waals surface area (Å²) in [7, 11) is 0. The Hall–Kier alpha value is -1.89. The van der Waals surface area contributed by atoms with E-state index in [-0.39, 0.29) is 6.61 Å². The predicted octanol–water partition coefficient (Wildman–Crippen LogP) is -1.20. The number of nitrogens with one attached hydrogen (secondary N) is 1. The molecule has 0 fully saturated rings. The summed E-state index contributed by atoms with van der Waals surface area (Å²) in [5.41, 5.74) is -0.544. The van der Waals surface area contributed by atoms with E-state index < -0.39 is 17.5 Å². The molecule has 1 aliphatic rings. The van der Waals surface area contributed by atoms with Crippen LogP contribution in [-0.2, 0) is 4.84 Å². The average Bonchev–Trinajstić information content (AvgIpc) is 2.66. The highest BCUT2D eigenvalue weighted by Gasteiger charge is 2.22. The largest absolute Gasteiger partial charge is 0.390 e. The number of hydrogen-bond acceptors (Lipinski definition) is 5. The lowest BCUT2D eigenvalue weighted by atomic mass is 10.2. The molecule has 1 unspecified atom stereocenters. The molecule has 0 aliphatic carbocycles. The molecule has 1 aromatic rings. The summed E-state index contributed by atoms with van der Waals surface area (Å²) in [6.07, 6.45) is 1.08. The maximum atomic E-state index is 11.3. The Balaban J connectivity index is 2.26. The summed E-state index contributed by atoms with van der Waals surface area (Å²) in [6, 6.07) is 1.22. The van der Waals surface area contributed by atoms with Gasteiger partial charge in [0.25, 0.3) is 5.56 Å². The van der Waals surface area contributed by atoms with Crippen molar-refractivity contribution in [1.29, 1.82) is 0 Å². The van der Waals surface area contributed by atoms with Gasteiger partial charge in [-0.3, -0.25) is 14.3 Å². The van der Waals surface area contributed by atoms with Crippen LogP contribution in [0.15, 0.2) is 27.0 Å². The average molecular weight is 211 g/mol. The van der Waals surface area contributed by atoms with Crippen molar-refractivity contribution >= 4 is 5.71 Å². The first-order chi connectivity index (χ1) is 7.20. The van der Waals surface area contributed by atoms with Gasteiger partial charge in [-0.05, 0) is 0 Å².